The molecule has 3 aliphatic heterocycles. The van der Waals surface area contributed by atoms with E-state index in [9.17, 15) is 0 Å². The van der Waals surface area contributed by atoms with Crippen LogP contribution in [0, 0.1) is 11.8 Å². The minimum Gasteiger partial charge on any atom is -0.493 e. The van der Waals surface area contributed by atoms with E-state index in [1.54, 1.807) is 21.3 Å². The molecular formula is C30H43BrN2O4. The van der Waals surface area contributed by atoms with Crippen molar-refractivity contribution in [3.8, 4) is 23.0 Å². The largest absolute Gasteiger partial charge is 0.493 e. The highest BCUT2D eigenvalue weighted by molar-refractivity contribution is 8.93. The summed E-state index contributed by atoms with van der Waals surface area (Å²) in [6.45, 7) is 8.34. The topological polar surface area (TPSA) is 52.2 Å². The number of rotatable bonds is 8. The molecular weight excluding hydrogens is 532 g/mol. The van der Waals surface area contributed by atoms with Crippen LogP contribution < -0.4 is 24.3 Å². The van der Waals surface area contributed by atoms with Crippen LogP contribution in [0.5, 0.6) is 23.0 Å². The molecule has 0 unspecified atom stereocenters. The number of piperidine rings is 1. The highest BCUT2D eigenvalue weighted by Crippen LogP contribution is 2.48. The van der Waals surface area contributed by atoms with Gasteiger partial charge >= 0.3 is 0 Å². The molecule has 2 aromatic rings. The molecule has 1 saturated heterocycles. The van der Waals surface area contributed by atoms with Gasteiger partial charge in [0.2, 0.25) is 0 Å². The van der Waals surface area contributed by atoms with Gasteiger partial charge < -0.3 is 24.3 Å². The first-order chi connectivity index (χ1) is 17.6. The Kier molecular flexibility index (Phi) is 9.30. The van der Waals surface area contributed by atoms with Crippen LogP contribution in [0.2, 0.25) is 0 Å². The van der Waals surface area contributed by atoms with Crippen molar-refractivity contribution in [3.63, 3.8) is 0 Å². The van der Waals surface area contributed by atoms with Gasteiger partial charge in [0, 0.05) is 25.2 Å². The molecule has 3 heterocycles. The quantitative estimate of drug-likeness (QED) is 0.423. The number of nitrogens with zero attached hydrogens (tertiary/aromatic N) is 1. The lowest BCUT2D eigenvalue weighted by Gasteiger charge is -2.48. The molecule has 4 atom stereocenters. The van der Waals surface area contributed by atoms with Crippen LogP contribution >= 0.6 is 17.0 Å². The first-order valence-electron chi connectivity index (χ1n) is 13.7. The fourth-order valence-corrected chi connectivity index (χ4v) is 6.85. The average molecular weight is 576 g/mol. The Morgan fingerprint density at radius 1 is 0.838 bits per heavy atom. The van der Waals surface area contributed by atoms with Crippen LogP contribution in [0.4, 0.5) is 0 Å². The number of halogens is 1. The number of hydrogen-bond donors (Lipinski definition) is 1. The molecule has 0 saturated carbocycles. The Hall–Kier alpha value is -1.96. The highest BCUT2D eigenvalue weighted by atomic mass is 79.9. The van der Waals surface area contributed by atoms with Gasteiger partial charge in [-0.05, 0) is 97.5 Å². The molecule has 2 aromatic carbocycles. The third kappa shape index (κ3) is 5.45. The summed E-state index contributed by atoms with van der Waals surface area (Å²) in [6.07, 6.45) is 5.66. The Labute approximate surface area is 232 Å². The lowest BCUT2D eigenvalue weighted by Crippen LogP contribution is -2.46. The van der Waals surface area contributed by atoms with Crippen LogP contribution in [0.25, 0.3) is 0 Å². The molecule has 6 nitrogen and oxygen atoms in total. The summed E-state index contributed by atoms with van der Waals surface area (Å²) in [5.74, 6) is 4.74. The van der Waals surface area contributed by atoms with E-state index in [1.807, 2.05) is 6.92 Å². The van der Waals surface area contributed by atoms with Gasteiger partial charge in [-0.2, -0.15) is 0 Å². The van der Waals surface area contributed by atoms with Gasteiger partial charge in [-0.25, -0.2) is 0 Å². The van der Waals surface area contributed by atoms with Gasteiger partial charge in [0.1, 0.15) is 0 Å². The number of benzene rings is 2. The van der Waals surface area contributed by atoms with E-state index in [-0.39, 0.29) is 17.0 Å². The van der Waals surface area contributed by atoms with Crippen LogP contribution in [0.3, 0.4) is 0 Å². The molecule has 0 aromatic heterocycles. The molecule has 1 fully saturated rings. The second-order valence-corrected chi connectivity index (χ2v) is 10.5. The van der Waals surface area contributed by atoms with E-state index in [1.165, 1.54) is 41.6 Å². The molecule has 0 radical (unpaired) electrons. The molecule has 5 rings (SSSR count). The summed E-state index contributed by atoms with van der Waals surface area (Å²) in [7, 11) is 5.20. The first kappa shape index (κ1) is 28.1. The predicted molar refractivity (Wildman–Crippen MR) is 153 cm³/mol. The van der Waals surface area contributed by atoms with Gasteiger partial charge in [-0.15, -0.1) is 17.0 Å². The summed E-state index contributed by atoms with van der Waals surface area (Å²) in [5.41, 5.74) is 5.62. The zero-order valence-corrected chi connectivity index (χ0v) is 24.7. The zero-order valence-electron chi connectivity index (χ0n) is 23.0. The maximum absolute atomic E-state index is 5.87. The van der Waals surface area contributed by atoms with Crippen molar-refractivity contribution in [2.24, 2.45) is 11.8 Å². The third-order valence-electron chi connectivity index (χ3n) is 8.72. The standard InChI is InChI=1S/C30H42N2O4.BrH/c1-6-19-18-32-11-9-21-14-27(33-3)28(34-4)17-24(21)26(32)13-22(19)12-25-23-16-29(35-5)30(36-7-2)15-20(23)8-10-31-25;/h14-17,19,22,25-26,31H,6-13,18H2,1-5H3;1H/t19-,22-,25+,26-;/m0./s1. The molecule has 1 N–H and O–H groups in total. The lowest BCUT2D eigenvalue weighted by atomic mass is 9.72. The predicted octanol–water partition coefficient (Wildman–Crippen LogP) is 5.91. The van der Waals surface area contributed by atoms with Gasteiger partial charge in [0.05, 0.1) is 27.9 Å². The van der Waals surface area contributed by atoms with Gasteiger partial charge in [0.15, 0.2) is 23.0 Å². The fourth-order valence-electron chi connectivity index (χ4n) is 6.85. The van der Waals surface area contributed by atoms with Crippen molar-refractivity contribution < 1.29 is 18.9 Å². The van der Waals surface area contributed by atoms with E-state index < -0.39 is 0 Å². The fraction of sp³-hybridized carbons (Fsp3) is 0.600. The molecule has 0 spiro atoms. The molecule has 204 valence electrons. The monoisotopic (exact) mass is 574 g/mol. The van der Waals surface area contributed by atoms with Crippen molar-refractivity contribution in [1.82, 2.24) is 10.2 Å². The van der Waals surface area contributed by atoms with Crippen LogP contribution in [0.1, 0.15) is 67.4 Å². The SMILES string of the molecule is Br.CCOc1cc2c(cc1OC)[C@@H](C[C@H]1C[C@H]3c4cc(OC)c(OC)cc4CCN3C[C@@H]1CC)NCC2. The maximum Gasteiger partial charge on any atom is 0.161 e. The minimum atomic E-state index is 0. The van der Waals surface area contributed by atoms with E-state index in [0.29, 0.717) is 30.5 Å². The van der Waals surface area contributed by atoms with E-state index in [2.05, 4.69) is 41.4 Å². The first-order valence-corrected chi connectivity index (χ1v) is 13.7. The Morgan fingerprint density at radius 2 is 1.49 bits per heavy atom. The maximum atomic E-state index is 5.87. The number of fused-ring (bicyclic) bond motifs is 4. The summed E-state index contributed by atoms with van der Waals surface area (Å²) in [6, 6.07) is 9.66. The number of nitrogens with one attached hydrogen (secondary N) is 1. The summed E-state index contributed by atoms with van der Waals surface area (Å²) < 4.78 is 22.9. The zero-order chi connectivity index (χ0) is 25.2. The Morgan fingerprint density at radius 3 is 2.19 bits per heavy atom. The summed E-state index contributed by atoms with van der Waals surface area (Å²) in [4.78, 5) is 2.72. The highest BCUT2D eigenvalue weighted by Gasteiger charge is 2.40. The van der Waals surface area contributed by atoms with E-state index in [0.717, 1.165) is 55.4 Å². The summed E-state index contributed by atoms with van der Waals surface area (Å²) in [5, 5.41) is 3.85. The van der Waals surface area contributed by atoms with Gasteiger partial charge in [-0.1, -0.05) is 13.3 Å². The molecule has 0 bridgehead atoms. The van der Waals surface area contributed by atoms with Crippen LogP contribution in [-0.2, 0) is 12.8 Å². The lowest BCUT2D eigenvalue weighted by molar-refractivity contribution is 0.0434. The second-order valence-electron chi connectivity index (χ2n) is 10.5. The van der Waals surface area contributed by atoms with Crippen molar-refractivity contribution >= 4 is 17.0 Å². The Bertz CT molecular complexity index is 1080. The van der Waals surface area contributed by atoms with Crippen molar-refractivity contribution in [2.45, 2.75) is 58.0 Å². The van der Waals surface area contributed by atoms with Crippen molar-refractivity contribution in [3.05, 3.63) is 46.5 Å². The molecule has 3 aliphatic rings. The molecule has 0 amide bonds. The second kappa shape index (κ2) is 12.3. The van der Waals surface area contributed by atoms with E-state index >= 15 is 0 Å². The number of ether oxygens (including phenoxy) is 4. The Balaban J connectivity index is 0.00000320. The van der Waals surface area contributed by atoms with Crippen LogP contribution in [-0.4, -0.2) is 52.5 Å². The van der Waals surface area contributed by atoms with Gasteiger partial charge in [0.25, 0.3) is 0 Å². The average Bonchev–Trinajstić information content (AvgIpc) is 2.91. The molecule has 7 heteroatoms. The minimum absolute atomic E-state index is 0. The number of hydrogen-bond acceptors (Lipinski definition) is 6. The van der Waals surface area contributed by atoms with E-state index in [4.69, 9.17) is 18.9 Å². The summed E-state index contributed by atoms with van der Waals surface area (Å²) >= 11 is 0. The van der Waals surface area contributed by atoms with Crippen molar-refractivity contribution in [1.29, 1.82) is 0 Å². The molecule has 0 aliphatic carbocycles. The van der Waals surface area contributed by atoms with Gasteiger partial charge in [-0.3, -0.25) is 4.90 Å². The number of methoxy groups -OCH3 is 3. The smallest absolute Gasteiger partial charge is 0.161 e. The normalized spacial score (nSPS) is 24.7. The van der Waals surface area contributed by atoms with Crippen molar-refractivity contribution in [2.75, 3.05) is 47.6 Å². The third-order valence-corrected chi connectivity index (χ3v) is 8.72. The van der Waals surface area contributed by atoms with Crippen LogP contribution in [0.15, 0.2) is 24.3 Å². The molecule has 37 heavy (non-hydrogen) atoms.